The van der Waals surface area contributed by atoms with Gasteiger partial charge in [0.15, 0.2) is 0 Å². The molecular weight excluding hydrogens is 266 g/mol. The number of nitrogens with zero attached hydrogens (tertiary/aromatic N) is 2. The molecule has 0 saturated carbocycles. The van der Waals surface area contributed by atoms with Crippen LogP contribution in [0.1, 0.15) is 21.7 Å². The highest BCUT2D eigenvalue weighted by Gasteiger charge is 2.10. The lowest BCUT2D eigenvalue weighted by Crippen LogP contribution is -2.03. The van der Waals surface area contributed by atoms with Gasteiger partial charge in [-0.1, -0.05) is 18.2 Å². The molecule has 0 aliphatic carbocycles. The summed E-state index contributed by atoms with van der Waals surface area (Å²) in [6.07, 6.45) is 0. The number of anilines is 1. The van der Waals surface area contributed by atoms with Crippen LogP contribution in [0.3, 0.4) is 0 Å². The lowest BCUT2D eigenvalue weighted by molar-refractivity contribution is 0.0697. The zero-order valence-corrected chi connectivity index (χ0v) is 11.6. The highest BCUT2D eigenvalue weighted by Crippen LogP contribution is 2.22. The average Bonchev–Trinajstić information content (AvgIpc) is 2.78. The number of aromatic nitrogens is 2. The standard InChI is InChI=1S/C16H15N3O2/c1-10-18-15-13(17)3-2-4-14(15)19(10)9-11-5-7-12(8-6-11)16(20)21/h2-8H,9,17H2,1H3,(H,20,21). The summed E-state index contributed by atoms with van der Waals surface area (Å²) in [5, 5.41) is 8.92. The molecule has 0 bridgehead atoms. The van der Waals surface area contributed by atoms with E-state index in [4.69, 9.17) is 10.8 Å². The predicted octanol–water partition coefficient (Wildman–Crippen LogP) is 2.67. The number of fused-ring (bicyclic) bond motifs is 1. The Kier molecular flexibility index (Phi) is 3.10. The quantitative estimate of drug-likeness (QED) is 0.723. The van der Waals surface area contributed by atoms with E-state index < -0.39 is 5.97 Å². The van der Waals surface area contributed by atoms with Crippen molar-refractivity contribution >= 4 is 22.7 Å². The molecule has 1 heterocycles. The molecule has 3 aromatic rings. The van der Waals surface area contributed by atoms with Gasteiger partial charge in [-0.3, -0.25) is 0 Å². The molecule has 0 spiro atoms. The van der Waals surface area contributed by atoms with Crippen LogP contribution < -0.4 is 5.73 Å². The van der Waals surface area contributed by atoms with Gasteiger partial charge < -0.3 is 15.4 Å². The van der Waals surface area contributed by atoms with E-state index in [1.807, 2.05) is 37.3 Å². The van der Waals surface area contributed by atoms with Crippen molar-refractivity contribution in [2.75, 3.05) is 5.73 Å². The number of carboxylic acid groups (broad SMARTS) is 1. The first-order chi connectivity index (χ1) is 10.1. The summed E-state index contributed by atoms with van der Waals surface area (Å²) in [5.41, 5.74) is 9.70. The number of carboxylic acids is 1. The van der Waals surface area contributed by atoms with Crippen molar-refractivity contribution in [2.45, 2.75) is 13.5 Å². The summed E-state index contributed by atoms with van der Waals surface area (Å²) in [6, 6.07) is 12.6. The molecule has 5 heteroatoms. The summed E-state index contributed by atoms with van der Waals surface area (Å²) < 4.78 is 2.07. The van der Waals surface area contributed by atoms with Crippen LogP contribution in [0.25, 0.3) is 11.0 Å². The summed E-state index contributed by atoms with van der Waals surface area (Å²) in [6.45, 7) is 2.57. The normalized spacial score (nSPS) is 10.9. The molecule has 0 aliphatic heterocycles. The fraction of sp³-hybridized carbons (Fsp3) is 0.125. The van der Waals surface area contributed by atoms with E-state index in [1.165, 1.54) is 0 Å². The van der Waals surface area contributed by atoms with Gasteiger partial charge in [-0.25, -0.2) is 9.78 Å². The highest BCUT2D eigenvalue weighted by molar-refractivity contribution is 5.88. The van der Waals surface area contributed by atoms with Crippen molar-refractivity contribution < 1.29 is 9.90 Å². The van der Waals surface area contributed by atoms with Gasteiger partial charge in [0.2, 0.25) is 0 Å². The summed E-state index contributed by atoms with van der Waals surface area (Å²) in [7, 11) is 0. The van der Waals surface area contributed by atoms with Crippen LogP contribution in [-0.2, 0) is 6.54 Å². The molecule has 106 valence electrons. The van der Waals surface area contributed by atoms with Crippen molar-refractivity contribution in [1.29, 1.82) is 0 Å². The number of nitrogens with two attached hydrogens (primary N) is 1. The number of benzene rings is 2. The molecule has 0 unspecified atom stereocenters. The second-order valence-electron chi connectivity index (χ2n) is 4.96. The van der Waals surface area contributed by atoms with E-state index in [9.17, 15) is 4.79 Å². The van der Waals surface area contributed by atoms with Crippen LogP contribution in [0.5, 0.6) is 0 Å². The van der Waals surface area contributed by atoms with E-state index >= 15 is 0 Å². The number of aromatic carboxylic acids is 1. The lowest BCUT2D eigenvalue weighted by Gasteiger charge is -2.07. The molecule has 21 heavy (non-hydrogen) atoms. The van der Waals surface area contributed by atoms with Crippen LogP contribution >= 0.6 is 0 Å². The zero-order chi connectivity index (χ0) is 15.0. The number of nitrogen functional groups attached to an aromatic ring is 1. The Hall–Kier alpha value is -2.82. The SMILES string of the molecule is Cc1nc2c(N)cccc2n1Cc1ccc(C(=O)O)cc1. The molecule has 3 N–H and O–H groups in total. The number of aryl methyl sites for hydroxylation is 1. The van der Waals surface area contributed by atoms with Gasteiger partial charge in [-0.15, -0.1) is 0 Å². The molecule has 3 rings (SSSR count). The van der Waals surface area contributed by atoms with Crippen LogP contribution in [0.4, 0.5) is 5.69 Å². The first-order valence-electron chi connectivity index (χ1n) is 6.60. The third-order valence-corrected chi connectivity index (χ3v) is 3.54. The molecule has 0 radical (unpaired) electrons. The molecule has 0 saturated heterocycles. The number of carbonyl (C=O) groups is 1. The number of imidazole rings is 1. The maximum absolute atomic E-state index is 10.9. The Morgan fingerprint density at radius 3 is 2.62 bits per heavy atom. The van der Waals surface area contributed by atoms with Crippen molar-refractivity contribution in [3.05, 3.63) is 59.4 Å². The number of rotatable bonds is 3. The second kappa shape index (κ2) is 4.94. The fourth-order valence-corrected chi connectivity index (χ4v) is 2.42. The van der Waals surface area contributed by atoms with Gasteiger partial charge >= 0.3 is 5.97 Å². The minimum atomic E-state index is -0.918. The minimum absolute atomic E-state index is 0.287. The van der Waals surface area contributed by atoms with Gasteiger partial charge in [0.1, 0.15) is 11.3 Å². The molecular formula is C16H15N3O2. The van der Waals surface area contributed by atoms with Gasteiger partial charge in [0.05, 0.1) is 16.8 Å². The highest BCUT2D eigenvalue weighted by atomic mass is 16.4. The van der Waals surface area contributed by atoms with Gasteiger partial charge in [0.25, 0.3) is 0 Å². The zero-order valence-electron chi connectivity index (χ0n) is 11.6. The Morgan fingerprint density at radius 1 is 1.24 bits per heavy atom. The van der Waals surface area contributed by atoms with E-state index in [0.29, 0.717) is 12.2 Å². The van der Waals surface area contributed by atoms with Crippen LogP contribution in [0, 0.1) is 6.92 Å². The first kappa shape index (κ1) is 13.2. The smallest absolute Gasteiger partial charge is 0.335 e. The maximum atomic E-state index is 10.9. The Balaban J connectivity index is 2.00. The van der Waals surface area contributed by atoms with Gasteiger partial charge in [-0.2, -0.15) is 0 Å². The van der Waals surface area contributed by atoms with Crippen molar-refractivity contribution in [3.8, 4) is 0 Å². The monoisotopic (exact) mass is 281 g/mol. The van der Waals surface area contributed by atoms with E-state index in [0.717, 1.165) is 22.4 Å². The van der Waals surface area contributed by atoms with Crippen LogP contribution in [0.2, 0.25) is 0 Å². The molecule has 0 amide bonds. The first-order valence-corrected chi connectivity index (χ1v) is 6.60. The molecule has 5 nitrogen and oxygen atoms in total. The van der Waals surface area contributed by atoms with Crippen LogP contribution in [-0.4, -0.2) is 20.6 Å². The molecule has 1 aromatic heterocycles. The molecule has 2 aromatic carbocycles. The largest absolute Gasteiger partial charge is 0.478 e. The predicted molar refractivity (Wildman–Crippen MR) is 81.4 cm³/mol. The summed E-state index contributed by atoms with van der Waals surface area (Å²) in [5.74, 6) is -0.0382. The number of para-hydroxylation sites is 1. The second-order valence-corrected chi connectivity index (χ2v) is 4.96. The third-order valence-electron chi connectivity index (χ3n) is 3.54. The number of hydrogen-bond donors (Lipinski definition) is 2. The third kappa shape index (κ3) is 2.33. The Labute approximate surface area is 121 Å². The minimum Gasteiger partial charge on any atom is -0.478 e. The lowest BCUT2D eigenvalue weighted by atomic mass is 10.1. The molecule has 0 atom stereocenters. The Morgan fingerprint density at radius 2 is 1.95 bits per heavy atom. The van der Waals surface area contributed by atoms with E-state index in [2.05, 4.69) is 9.55 Å². The number of hydrogen-bond acceptors (Lipinski definition) is 3. The molecule has 0 aliphatic rings. The van der Waals surface area contributed by atoms with Crippen molar-refractivity contribution in [3.63, 3.8) is 0 Å². The maximum Gasteiger partial charge on any atom is 0.335 e. The van der Waals surface area contributed by atoms with E-state index in [-0.39, 0.29) is 5.56 Å². The summed E-state index contributed by atoms with van der Waals surface area (Å²) >= 11 is 0. The van der Waals surface area contributed by atoms with Crippen molar-refractivity contribution in [1.82, 2.24) is 9.55 Å². The van der Waals surface area contributed by atoms with Gasteiger partial charge in [0, 0.05) is 6.54 Å². The van der Waals surface area contributed by atoms with Crippen LogP contribution in [0.15, 0.2) is 42.5 Å². The van der Waals surface area contributed by atoms with Crippen molar-refractivity contribution in [2.24, 2.45) is 0 Å². The average molecular weight is 281 g/mol. The van der Waals surface area contributed by atoms with Gasteiger partial charge in [-0.05, 0) is 36.8 Å². The fourth-order valence-electron chi connectivity index (χ4n) is 2.42. The Bertz CT molecular complexity index is 819. The van der Waals surface area contributed by atoms with E-state index in [1.54, 1.807) is 12.1 Å². The summed E-state index contributed by atoms with van der Waals surface area (Å²) in [4.78, 5) is 15.4. The topological polar surface area (TPSA) is 81.1 Å². The molecule has 0 fully saturated rings.